The summed E-state index contributed by atoms with van der Waals surface area (Å²) in [6.45, 7) is -0.146. The van der Waals surface area contributed by atoms with Crippen LogP contribution in [0.15, 0.2) is 50.9 Å². The molecule has 1 N–H and O–H groups in total. The molecule has 2 aromatic rings. The zero-order valence-corrected chi connectivity index (χ0v) is 17.0. The standard InChI is InChI=1S/C18H10Br2ClN3O2/c19-13-1-3-14(4-2-13)24-18(25)12(10-23)7-11-8-15(20)17(16(21)9-11)26-6-5-22/h1-4,7-9H,6H2,(H,24,25)/b12-7-. The van der Waals surface area contributed by atoms with Gasteiger partial charge in [-0.25, -0.2) is 0 Å². The SMILES string of the molecule is N#CCOc1c(Cl)cc(/C=C(/C#N)C(=O)Nc2ccc(Br)cc2)cc1Br. The quantitative estimate of drug-likeness (QED) is 0.450. The Balaban J connectivity index is 2.25. The summed E-state index contributed by atoms with van der Waals surface area (Å²) in [6.07, 6.45) is 1.42. The van der Waals surface area contributed by atoms with Gasteiger partial charge in [0.25, 0.3) is 5.91 Å². The molecule has 0 bridgehead atoms. The number of hydrogen-bond donors (Lipinski definition) is 1. The lowest BCUT2D eigenvalue weighted by Crippen LogP contribution is -2.13. The normalized spacial score (nSPS) is 10.6. The fraction of sp³-hybridized carbons (Fsp3) is 0.0556. The monoisotopic (exact) mass is 493 g/mol. The number of ether oxygens (including phenoxy) is 1. The van der Waals surface area contributed by atoms with Gasteiger partial charge in [-0.05, 0) is 64.0 Å². The van der Waals surface area contributed by atoms with E-state index in [1.54, 1.807) is 36.4 Å². The molecule has 0 saturated carbocycles. The first kappa shape index (κ1) is 20.0. The molecular formula is C18H10Br2ClN3O2. The maximum atomic E-state index is 12.3. The number of benzene rings is 2. The zero-order chi connectivity index (χ0) is 19.1. The lowest BCUT2D eigenvalue weighted by atomic mass is 10.1. The number of halogens is 3. The third kappa shape index (κ3) is 5.34. The highest BCUT2D eigenvalue weighted by atomic mass is 79.9. The molecule has 130 valence electrons. The van der Waals surface area contributed by atoms with Crippen LogP contribution in [-0.4, -0.2) is 12.5 Å². The Hall–Kier alpha value is -2.32. The van der Waals surface area contributed by atoms with E-state index in [1.807, 2.05) is 12.1 Å². The van der Waals surface area contributed by atoms with E-state index >= 15 is 0 Å². The largest absolute Gasteiger partial charge is 0.476 e. The van der Waals surface area contributed by atoms with Gasteiger partial charge in [0.1, 0.15) is 17.7 Å². The number of hydrogen-bond acceptors (Lipinski definition) is 4. The fourth-order valence-corrected chi connectivity index (χ4v) is 3.21. The fourth-order valence-electron chi connectivity index (χ4n) is 1.95. The van der Waals surface area contributed by atoms with Crippen molar-refractivity contribution in [2.45, 2.75) is 0 Å². The van der Waals surface area contributed by atoms with E-state index < -0.39 is 5.91 Å². The second-order valence-corrected chi connectivity index (χ2v) is 7.07. The molecule has 8 heteroatoms. The number of anilines is 1. The van der Waals surface area contributed by atoms with Crippen molar-refractivity contribution in [2.75, 3.05) is 11.9 Å². The van der Waals surface area contributed by atoms with Crippen molar-refractivity contribution < 1.29 is 9.53 Å². The zero-order valence-electron chi connectivity index (χ0n) is 13.1. The van der Waals surface area contributed by atoms with Gasteiger partial charge in [-0.1, -0.05) is 27.5 Å². The van der Waals surface area contributed by atoms with Crippen LogP contribution in [0.4, 0.5) is 5.69 Å². The van der Waals surface area contributed by atoms with Gasteiger partial charge in [-0.15, -0.1) is 0 Å². The van der Waals surface area contributed by atoms with Crippen LogP contribution >= 0.6 is 43.5 Å². The predicted molar refractivity (Wildman–Crippen MR) is 107 cm³/mol. The van der Waals surface area contributed by atoms with Crippen molar-refractivity contribution in [3.05, 3.63) is 61.5 Å². The highest BCUT2D eigenvalue weighted by molar-refractivity contribution is 9.10. The van der Waals surface area contributed by atoms with Crippen molar-refractivity contribution in [1.29, 1.82) is 10.5 Å². The first-order chi connectivity index (χ1) is 12.4. The van der Waals surface area contributed by atoms with Crippen LogP contribution in [0.1, 0.15) is 5.56 Å². The first-order valence-electron chi connectivity index (χ1n) is 7.12. The van der Waals surface area contributed by atoms with Gasteiger partial charge in [0.2, 0.25) is 0 Å². The Kier molecular flexibility index (Phi) is 7.23. The Morgan fingerprint density at radius 2 is 1.92 bits per heavy atom. The number of nitriles is 2. The van der Waals surface area contributed by atoms with Gasteiger partial charge >= 0.3 is 0 Å². The van der Waals surface area contributed by atoms with Crippen molar-refractivity contribution in [3.8, 4) is 17.9 Å². The second kappa shape index (κ2) is 9.40. The smallest absolute Gasteiger partial charge is 0.266 e. The van der Waals surface area contributed by atoms with E-state index in [0.717, 1.165) is 4.47 Å². The summed E-state index contributed by atoms with van der Waals surface area (Å²) in [5.41, 5.74) is 1.02. The van der Waals surface area contributed by atoms with E-state index in [2.05, 4.69) is 37.2 Å². The molecule has 0 unspecified atom stereocenters. The molecule has 1 amide bonds. The van der Waals surface area contributed by atoms with Crippen LogP contribution in [0.3, 0.4) is 0 Å². The number of carbonyl (C=O) groups excluding carboxylic acids is 1. The van der Waals surface area contributed by atoms with Gasteiger partial charge in [0.15, 0.2) is 12.4 Å². The summed E-state index contributed by atoms with van der Waals surface area (Å²) < 4.78 is 6.62. The number of nitrogens with one attached hydrogen (secondary N) is 1. The minimum absolute atomic E-state index is 0.0819. The second-order valence-electron chi connectivity index (χ2n) is 4.89. The molecule has 0 aliphatic carbocycles. The number of rotatable bonds is 5. The molecule has 0 atom stereocenters. The maximum Gasteiger partial charge on any atom is 0.266 e. The average molecular weight is 496 g/mol. The van der Waals surface area contributed by atoms with Gasteiger partial charge in [0, 0.05) is 10.2 Å². The third-order valence-corrected chi connectivity index (χ3v) is 4.48. The molecule has 0 radical (unpaired) electrons. The summed E-state index contributed by atoms with van der Waals surface area (Å²) in [7, 11) is 0. The van der Waals surface area contributed by atoms with Crippen LogP contribution in [0, 0.1) is 22.7 Å². The van der Waals surface area contributed by atoms with Gasteiger partial charge in [-0.2, -0.15) is 10.5 Å². The molecule has 26 heavy (non-hydrogen) atoms. The van der Waals surface area contributed by atoms with Crippen LogP contribution < -0.4 is 10.1 Å². The number of carbonyl (C=O) groups is 1. The topological polar surface area (TPSA) is 85.9 Å². The van der Waals surface area contributed by atoms with Crippen molar-refractivity contribution >= 4 is 61.1 Å². The first-order valence-corrected chi connectivity index (χ1v) is 9.08. The van der Waals surface area contributed by atoms with Crippen LogP contribution in [0.5, 0.6) is 5.75 Å². The molecule has 2 rings (SSSR count). The highest BCUT2D eigenvalue weighted by Crippen LogP contribution is 2.35. The Morgan fingerprint density at radius 3 is 2.50 bits per heavy atom. The van der Waals surface area contributed by atoms with Crippen molar-refractivity contribution in [3.63, 3.8) is 0 Å². The van der Waals surface area contributed by atoms with E-state index in [4.69, 9.17) is 21.6 Å². The Labute approximate surface area is 172 Å². The minimum Gasteiger partial charge on any atom is -0.476 e. The molecule has 0 aromatic heterocycles. The van der Waals surface area contributed by atoms with Crippen molar-refractivity contribution in [2.24, 2.45) is 0 Å². The molecule has 0 spiro atoms. The van der Waals surface area contributed by atoms with E-state index in [0.29, 0.717) is 21.5 Å². The Bertz CT molecular complexity index is 921. The lowest BCUT2D eigenvalue weighted by Gasteiger charge is -2.09. The van der Waals surface area contributed by atoms with Crippen LogP contribution in [-0.2, 0) is 4.79 Å². The molecular weight excluding hydrogens is 485 g/mol. The van der Waals surface area contributed by atoms with Crippen molar-refractivity contribution in [1.82, 2.24) is 0 Å². The summed E-state index contributed by atoms with van der Waals surface area (Å²) in [5.74, 6) is -0.213. The highest BCUT2D eigenvalue weighted by Gasteiger charge is 2.12. The van der Waals surface area contributed by atoms with Gasteiger partial charge in [0.05, 0.1) is 9.50 Å². The van der Waals surface area contributed by atoms with Crippen LogP contribution in [0.25, 0.3) is 6.08 Å². The van der Waals surface area contributed by atoms with E-state index in [9.17, 15) is 10.1 Å². The summed E-state index contributed by atoms with van der Waals surface area (Å²) in [5, 5.41) is 20.8. The molecule has 0 heterocycles. The van der Waals surface area contributed by atoms with E-state index in [-0.39, 0.29) is 17.2 Å². The minimum atomic E-state index is -0.535. The number of amides is 1. The lowest BCUT2D eigenvalue weighted by molar-refractivity contribution is -0.112. The van der Waals surface area contributed by atoms with Gasteiger partial charge < -0.3 is 10.1 Å². The summed E-state index contributed by atoms with van der Waals surface area (Å²) in [6, 6.07) is 13.9. The van der Waals surface area contributed by atoms with Gasteiger partial charge in [-0.3, -0.25) is 4.79 Å². The summed E-state index contributed by atoms with van der Waals surface area (Å²) >= 11 is 12.8. The molecule has 2 aromatic carbocycles. The van der Waals surface area contributed by atoms with Crippen LogP contribution in [0.2, 0.25) is 5.02 Å². The Morgan fingerprint density at radius 1 is 1.23 bits per heavy atom. The molecule has 5 nitrogen and oxygen atoms in total. The molecule has 0 aliphatic rings. The van der Waals surface area contributed by atoms with E-state index in [1.165, 1.54) is 6.08 Å². The molecule has 0 aliphatic heterocycles. The maximum absolute atomic E-state index is 12.3. The average Bonchev–Trinajstić information content (AvgIpc) is 2.61. The molecule has 0 fully saturated rings. The number of nitrogens with zero attached hydrogens (tertiary/aromatic N) is 2. The molecule has 0 saturated heterocycles. The summed E-state index contributed by atoms with van der Waals surface area (Å²) in [4.78, 5) is 12.3. The predicted octanol–water partition coefficient (Wildman–Crippen LogP) is 5.31. The third-order valence-electron chi connectivity index (χ3n) is 3.08.